The van der Waals surface area contributed by atoms with Crippen LogP contribution in [0.2, 0.25) is 0 Å². The number of hydrogen-bond acceptors (Lipinski definition) is 3. The number of rotatable bonds is 4. The van der Waals surface area contributed by atoms with Crippen molar-refractivity contribution in [3.8, 4) is 0 Å². The molecule has 0 aliphatic carbocycles. The van der Waals surface area contributed by atoms with E-state index in [-0.39, 0.29) is 11.4 Å². The van der Waals surface area contributed by atoms with Crippen molar-refractivity contribution in [2.45, 2.75) is 19.1 Å². The Labute approximate surface area is 99.9 Å². The molecule has 6 nitrogen and oxygen atoms in total. The summed E-state index contributed by atoms with van der Waals surface area (Å²) in [5.74, 6) is -1.66. The highest BCUT2D eigenvalue weighted by molar-refractivity contribution is 5.96. The van der Waals surface area contributed by atoms with E-state index in [0.29, 0.717) is 0 Å². The molecule has 1 radical (unpaired) electrons. The second-order valence-electron chi connectivity index (χ2n) is 3.35. The molecule has 1 aromatic rings. The Morgan fingerprint density at radius 2 is 2.11 bits per heavy atom. The fourth-order valence-corrected chi connectivity index (χ4v) is 1.17. The lowest BCUT2D eigenvalue weighted by Gasteiger charge is -2.08. The maximum absolute atomic E-state index is 12.1. The van der Waals surface area contributed by atoms with Crippen LogP contribution in [0.15, 0.2) is 0 Å². The number of nitrogens with zero attached hydrogens (tertiary/aromatic N) is 2. The molecular formula is C9H10F3N4O2. The molecule has 2 amide bonds. The third-order valence-corrected chi connectivity index (χ3v) is 2.00. The van der Waals surface area contributed by atoms with Crippen LogP contribution in [0.25, 0.3) is 0 Å². The number of aryl methyl sites for hydroxylation is 1. The monoisotopic (exact) mass is 263 g/mol. The average Bonchev–Trinajstić information content (AvgIpc) is 2.68. The zero-order valence-corrected chi connectivity index (χ0v) is 9.34. The largest absolute Gasteiger partial charge is 0.390 e. The van der Waals surface area contributed by atoms with Gasteiger partial charge in [0.05, 0.1) is 19.0 Å². The maximum Gasteiger partial charge on any atom is 0.390 e. The number of nitrogens with two attached hydrogens (primary N) is 1. The summed E-state index contributed by atoms with van der Waals surface area (Å²) in [7, 11) is 1.29. The molecule has 0 saturated heterocycles. The normalized spacial score (nSPS) is 11.3. The highest BCUT2D eigenvalue weighted by Gasteiger charge is 2.28. The zero-order chi connectivity index (χ0) is 13.9. The maximum atomic E-state index is 12.1. The summed E-state index contributed by atoms with van der Waals surface area (Å²) in [6, 6.07) is 2.27. The number of nitrogens with one attached hydrogen (secondary N) is 1. The Morgan fingerprint density at radius 1 is 1.50 bits per heavy atom. The van der Waals surface area contributed by atoms with Crippen LogP contribution in [-0.2, 0) is 6.54 Å². The Balaban J connectivity index is 3.00. The lowest BCUT2D eigenvalue weighted by molar-refractivity contribution is -0.137. The van der Waals surface area contributed by atoms with Gasteiger partial charge in [0.15, 0.2) is 5.69 Å². The van der Waals surface area contributed by atoms with E-state index in [1.54, 1.807) is 0 Å². The Kier molecular flexibility index (Phi) is 3.94. The van der Waals surface area contributed by atoms with Crippen LogP contribution in [0, 0.1) is 6.07 Å². The summed E-state index contributed by atoms with van der Waals surface area (Å²) in [5, 5.41) is 5.71. The molecule has 9 heteroatoms. The van der Waals surface area contributed by atoms with E-state index >= 15 is 0 Å². The van der Waals surface area contributed by atoms with Gasteiger partial charge in [0.2, 0.25) is 0 Å². The van der Waals surface area contributed by atoms with Crippen LogP contribution in [0.5, 0.6) is 0 Å². The van der Waals surface area contributed by atoms with Crippen molar-refractivity contribution in [2.24, 2.45) is 5.73 Å². The van der Waals surface area contributed by atoms with Gasteiger partial charge in [-0.2, -0.15) is 18.3 Å². The number of halogens is 3. The molecular weight excluding hydrogens is 253 g/mol. The Bertz CT molecular complexity index is 467. The molecule has 0 aromatic carbocycles. The topological polar surface area (TPSA) is 90.0 Å². The fraction of sp³-hybridized carbons (Fsp3) is 0.444. The van der Waals surface area contributed by atoms with Crippen molar-refractivity contribution in [1.29, 1.82) is 0 Å². The van der Waals surface area contributed by atoms with Crippen molar-refractivity contribution >= 4 is 11.8 Å². The molecule has 0 saturated carbocycles. The predicted molar refractivity (Wildman–Crippen MR) is 53.6 cm³/mol. The van der Waals surface area contributed by atoms with Gasteiger partial charge in [-0.15, -0.1) is 0 Å². The molecule has 18 heavy (non-hydrogen) atoms. The summed E-state index contributed by atoms with van der Waals surface area (Å²) >= 11 is 0. The molecule has 1 rings (SSSR count). The van der Waals surface area contributed by atoms with E-state index in [0.717, 1.165) is 4.68 Å². The molecule has 1 aromatic heterocycles. The molecule has 0 aliphatic heterocycles. The molecule has 3 N–H and O–H groups in total. The fourth-order valence-electron chi connectivity index (χ4n) is 1.17. The van der Waals surface area contributed by atoms with E-state index in [1.165, 1.54) is 7.05 Å². The number of alkyl halides is 3. The lowest BCUT2D eigenvalue weighted by atomic mass is 10.3. The van der Waals surface area contributed by atoms with Gasteiger partial charge in [-0.1, -0.05) is 0 Å². The molecule has 0 bridgehead atoms. The first-order valence-electron chi connectivity index (χ1n) is 4.83. The Morgan fingerprint density at radius 3 is 2.56 bits per heavy atom. The van der Waals surface area contributed by atoms with E-state index in [4.69, 9.17) is 5.73 Å². The number of hydrogen-bond donors (Lipinski definition) is 2. The average molecular weight is 263 g/mol. The van der Waals surface area contributed by atoms with Gasteiger partial charge in [-0.05, 0) is 0 Å². The summed E-state index contributed by atoms with van der Waals surface area (Å²) in [4.78, 5) is 22.2. The van der Waals surface area contributed by atoms with E-state index < -0.39 is 31.0 Å². The second-order valence-corrected chi connectivity index (χ2v) is 3.35. The number of primary amides is 1. The van der Waals surface area contributed by atoms with Gasteiger partial charge < -0.3 is 11.1 Å². The van der Waals surface area contributed by atoms with E-state index in [2.05, 4.69) is 16.5 Å². The van der Waals surface area contributed by atoms with Gasteiger partial charge in [-0.25, -0.2) is 0 Å². The van der Waals surface area contributed by atoms with E-state index in [1.807, 2.05) is 0 Å². The third kappa shape index (κ3) is 3.47. The summed E-state index contributed by atoms with van der Waals surface area (Å²) in [6.45, 7) is -0.587. The third-order valence-electron chi connectivity index (χ3n) is 2.00. The smallest absolute Gasteiger partial charge is 0.364 e. The Hall–Kier alpha value is -2.06. The molecule has 0 unspecified atom stereocenters. The predicted octanol–water partition coefficient (Wildman–Crippen LogP) is 0.0942. The quantitative estimate of drug-likeness (QED) is 0.806. The highest BCUT2D eigenvalue weighted by atomic mass is 19.4. The number of carbonyl (C=O) groups is 2. The molecule has 0 spiro atoms. The van der Waals surface area contributed by atoms with Crippen LogP contribution in [0.4, 0.5) is 13.2 Å². The minimum Gasteiger partial charge on any atom is -0.364 e. The summed E-state index contributed by atoms with van der Waals surface area (Å²) in [6.07, 6.45) is -5.57. The second kappa shape index (κ2) is 5.07. The lowest BCUT2D eigenvalue weighted by Crippen LogP contribution is -2.23. The standard InChI is InChI=1S/C9H10F3N4O2/c1-14-8(18)6-4-5(7(13)17)15-16(6)3-2-9(10,11)12/h2-3H2,1H3,(H2,13,17)(H,14,18). The number of amides is 2. The van der Waals surface area contributed by atoms with Crippen LogP contribution in [0.3, 0.4) is 0 Å². The van der Waals surface area contributed by atoms with Crippen LogP contribution in [0.1, 0.15) is 27.4 Å². The zero-order valence-electron chi connectivity index (χ0n) is 9.34. The van der Waals surface area contributed by atoms with E-state index in [9.17, 15) is 22.8 Å². The number of carbonyl (C=O) groups excluding carboxylic acids is 2. The molecule has 99 valence electrons. The van der Waals surface area contributed by atoms with Gasteiger partial charge in [0.25, 0.3) is 11.8 Å². The van der Waals surface area contributed by atoms with Gasteiger partial charge in [0.1, 0.15) is 5.69 Å². The van der Waals surface area contributed by atoms with Crippen LogP contribution < -0.4 is 11.1 Å². The molecule has 0 fully saturated rings. The molecule has 0 aliphatic rings. The van der Waals surface area contributed by atoms with Crippen LogP contribution in [-0.4, -0.2) is 34.8 Å². The van der Waals surface area contributed by atoms with Crippen molar-refractivity contribution in [3.63, 3.8) is 0 Å². The molecule has 1 heterocycles. The van der Waals surface area contributed by atoms with Crippen LogP contribution >= 0.6 is 0 Å². The van der Waals surface area contributed by atoms with Gasteiger partial charge in [-0.3, -0.25) is 14.3 Å². The highest BCUT2D eigenvalue weighted by Crippen LogP contribution is 2.20. The summed E-state index contributed by atoms with van der Waals surface area (Å²) in [5.41, 5.74) is 4.27. The van der Waals surface area contributed by atoms with Crippen molar-refractivity contribution in [1.82, 2.24) is 15.1 Å². The first-order valence-corrected chi connectivity index (χ1v) is 4.83. The van der Waals surface area contributed by atoms with Crippen molar-refractivity contribution < 1.29 is 22.8 Å². The van der Waals surface area contributed by atoms with Crippen molar-refractivity contribution in [3.05, 3.63) is 17.5 Å². The minimum absolute atomic E-state index is 0.268. The van der Waals surface area contributed by atoms with Gasteiger partial charge >= 0.3 is 6.18 Å². The first kappa shape index (κ1) is 14.0. The first-order chi connectivity index (χ1) is 8.24. The molecule has 0 atom stereocenters. The SMILES string of the molecule is CNC(=O)c1[c]c(C(N)=O)nn1CCC(F)(F)F. The minimum atomic E-state index is -4.39. The van der Waals surface area contributed by atoms with Gasteiger partial charge in [0, 0.05) is 7.05 Å². The summed E-state index contributed by atoms with van der Waals surface area (Å²) < 4.78 is 37.0. The van der Waals surface area contributed by atoms with Crippen molar-refractivity contribution in [2.75, 3.05) is 7.05 Å². The number of aromatic nitrogens is 2.